The van der Waals surface area contributed by atoms with Crippen LogP contribution in [0.25, 0.3) is 10.9 Å². The number of anilines is 1. The van der Waals surface area contributed by atoms with Crippen LogP contribution in [-0.2, 0) is 23.2 Å². The number of hydrogen-bond donors (Lipinski definition) is 2. The quantitative estimate of drug-likeness (QED) is 0.381. The summed E-state index contributed by atoms with van der Waals surface area (Å²) >= 11 is 0. The SMILES string of the molecule is CCc1c(CNC(C)=O)ncnc1Oc1ccc2c(ccn2C(=O)Nc2cc(C3(C)CC3)on2)c1C. The van der Waals surface area contributed by atoms with Crippen molar-refractivity contribution in [3.05, 3.63) is 59.4 Å². The zero-order valence-electron chi connectivity index (χ0n) is 20.7. The Kier molecular flexibility index (Phi) is 5.95. The maximum absolute atomic E-state index is 13.0. The molecular formula is C26H28N6O4. The van der Waals surface area contributed by atoms with Crippen LogP contribution < -0.4 is 15.4 Å². The lowest BCUT2D eigenvalue weighted by atomic mass is 10.1. The Morgan fingerprint density at radius 1 is 1.22 bits per heavy atom. The number of carbonyl (C=O) groups is 2. The largest absolute Gasteiger partial charge is 0.438 e. The van der Waals surface area contributed by atoms with E-state index in [4.69, 9.17) is 9.26 Å². The van der Waals surface area contributed by atoms with Crippen molar-refractivity contribution in [1.29, 1.82) is 0 Å². The summed E-state index contributed by atoms with van der Waals surface area (Å²) < 4.78 is 13.2. The summed E-state index contributed by atoms with van der Waals surface area (Å²) in [5.41, 5.74) is 3.18. The number of ether oxygens (including phenoxy) is 1. The lowest BCUT2D eigenvalue weighted by molar-refractivity contribution is -0.119. The number of nitrogens with one attached hydrogen (secondary N) is 2. The Hall–Kier alpha value is -4.21. The molecule has 1 fully saturated rings. The summed E-state index contributed by atoms with van der Waals surface area (Å²) in [5.74, 6) is 2.13. The van der Waals surface area contributed by atoms with Gasteiger partial charge in [0.25, 0.3) is 0 Å². The van der Waals surface area contributed by atoms with Crippen molar-refractivity contribution >= 4 is 28.7 Å². The topological polar surface area (TPSA) is 124 Å². The molecule has 1 aromatic carbocycles. The lowest BCUT2D eigenvalue weighted by Crippen LogP contribution is -2.21. The number of aromatic nitrogens is 4. The van der Waals surface area contributed by atoms with Crippen molar-refractivity contribution < 1.29 is 18.8 Å². The smallest absolute Gasteiger partial charge is 0.331 e. The molecule has 186 valence electrons. The number of rotatable bonds is 7. The Morgan fingerprint density at radius 3 is 2.75 bits per heavy atom. The van der Waals surface area contributed by atoms with Crippen LogP contribution in [0.4, 0.5) is 10.6 Å². The number of hydrogen-bond acceptors (Lipinski definition) is 7. The second kappa shape index (κ2) is 9.10. The molecule has 1 saturated carbocycles. The second-order valence-corrected chi connectivity index (χ2v) is 9.34. The van der Waals surface area contributed by atoms with Crippen LogP contribution >= 0.6 is 0 Å². The van der Waals surface area contributed by atoms with Crippen LogP contribution in [0, 0.1) is 6.92 Å². The monoisotopic (exact) mass is 488 g/mol. The molecule has 0 spiro atoms. The summed E-state index contributed by atoms with van der Waals surface area (Å²) in [6.45, 7) is 7.81. The van der Waals surface area contributed by atoms with Gasteiger partial charge in [-0.05, 0) is 44.4 Å². The normalized spacial score (nSPS) is 14.0. The third-order valence-corrected chi connectivity index (χ3v) is 6.71. The molecule has 0 saturated heterocycles. The van der Waals surface area contributed by atoms with Gasteiger partial charge in [0, 0.05) is 41.1 Å². The third-order valence-electron chi connectivity index (χ3n) is 6.71. The van der Waals surface area contributed by atoms with Crippen LogP contribution in [0.15, 0.2) is 41.3 Å². The van der Waals surface area contributed by atoms with E-state index in [9.17, 15) is 9.59 Å². The molecule has 3 aromatic heterocycles. The minimum atomic E-state index is -0.328. The summed E-state index contributed by atoms with van der Waals surface area (Å²) in [5, 5.41) is 10.5. The number of amides is 2. The predicted octanol–water partition coefficient (Wildman–Crippen LogP) is 4.85. The molecule has 0 unspecified atom stereocenters. The molecular weight excluding hydrogens is 460 g/mol. The van der Waals surface area contributed by atoms with Gasteiger partial charge in [-0.25, -0.2) is 14.8 Å². The Morgan fingerprint density at radius 2 is 2.03 bits per heavy atom. The van der Waals surface area contributed by atoms with Gasteiger partial charge in [0.15, 0.2) is 5.82 Å². The van der Waals surface area contributed by atoms with Gasteiger partial charge in [-0.1, -0.05) is 19.0 Å². The molecule has 2 N–H and O–H groups in total. The van der Waals surface area contributed by atoms with Gasteiger partial charge in [-0.2, -0.15) is 0 Å². The van der Waals surface area contributed by atoms with E-state index in [2.05, 4.69) is 32.7 Å². The van der Waals surface area contributed by atoms with Gasteiger partial charge in [-0.3, -0.25) is 14.7 Å². The molecule has 10 nitrogen and oxygen atoms in total. The molecule has 1 aliphatic carbocycles. The van der Waals surface area contributed by atoms with Crippen LogP contribution in [0.1, 0.15) is 56.2 Å². The molecule has 36 heavy (non-hydrogen) atoms. The Bertz CT molecular complexity index is 1470. The molecule has 0 atom stereocenters. The van der Waals surface area contributed by atoms with E-state index in [1.165, 1.54) is 17.8 Å². The van der Waals surface area contributed by atoms with Crippen LogP contribution in [-0.4, -0.2) is 31.6 Å². The molecule has 1 aliphatic rings. The first-order chi connectivity index (χ1) is 17.3. The van der Waals surface area contributed by atoms with Gasteiger partial charge in [0.1, 0.15) is 17.8 Å². The number of aryl methyl sites for hydroxylation is 1. The molecule has 0 aliphatic heterocycles. The Balaban J connectivity index is 1.38. The van der Waals surface area contributed by atoms with E-state index < -0.39 is 0 Å². The summed E-state index contributed by atoms with van der Waals surface area (Å²) in [6.07, 6.45) is 5.92. The van der Waals surface area contributed by atoms with Gasteiger partial charge in [0.05, 0.1) is 17.8 Å². The third kappa shape index (κ3) is 4.41. The standard InChI is InChI=1S/C26H28N6O4/c1-5-17-19(13-27-16(3)33)28-14-29-24(17)35-21-7-6-20-18(15(21)2)8-11-32(20)25(34)30-23-12-22(36-31-23)26(4)9-10-26/h6-8,11-12,14H,5,9-10,13H2,1-4H3,(H,27,33)(H,30,31,34). The number of fused-ring (bicyclic) bond motifs is 1. The zero-order chi connectivity index (χ0) is 25.4. The fourth-order valence-corrected chi connectivity index (χ4v) is 4.19. The number of nitrogens with zero attached hydrogens (tertiary/aromatic N) is 4. The van der Waals surface area contributed by atoms with Crippen LogP contribution in [0.5, 0.6) is 11.6 Å². The first-order valence-corrected chi connectivity index (χ1v) is 11.9. The molecule has 0 bridgehead atoms. The molecule has 2 amide bonds. The van der Waals surface area contributed by atoms with E-state index in [-0.39, 0.29) is 17.4 Å². The molecule has 10 heteroatoms. The van der Waals surface area contributed by atoms with Crippen LogP contribution in [0.2, 0.25) is 0 Å². The van der Waals surface area contributed by atoms with Gasteiger partial charge < -0.3 is 14.6 Å². The van der Waals surface area contributed by atoms with E-state index in [0.29, 0.717) is 36.1 Å². The highest BCUT2D eigenvalue weighted by molar-refractivity contribution is 5.99. The average molecular weight is 489 g/mol. The summed E-state index contributed by atoms with van der Waals surface area (Å²) in [4.78, 5) is 32.9. The summed E-state index contributed by atoms with van der Waals surface area (Å²) in [7, 11) is 0. The fraction of sp³-hybridized carbons (Fsp3) is 0.346. The van der Waals surface area contributed by atoms with E-state index in [1.807, 2.05) is 32.0 Å². The summed E-state index contributed by atoms with van der Waals surface area (Å²) in [6, 6.07) is 6.99. The highest BCUT2D eigenvalue weighted by Gasteiger charge is 2.43. The molecule has 4 aromatic rings. The maximum atomic E-state index is 13.0. The van der Waals surface area contributed by atoms with Gasteiger partial charge >= 0.3 is 6.03 Å². The number of benzene rings is 1. The minimum absolute atomic E-state index is 0.0374. The highest BCUT2D eigenvalue weighted by Crippen LogP contribution is 2.48. The lowest BCUT2D eigenvalue weighted by Gasteiger charge is -2.14. The molecule has 0 radical (unpaired) electrons. The predicted molar refractivity (Wildman–Crippen MR) is 133 cm³/mol. The zero-order valence-corrected chi connectivity index (χ0v) is 20.7. The van der Waals surface area contributed by atoms with E-state index >= 15 is 0 Å². The van der Waals surface area contributed by atoms with E-state index in [1.54, 1.807) is 12.3 Å². The van der Waals surface area contributed by atoms with Crippen molar-refractivity contribution in [2.45, 2.75) is 58.9 Å². The first kappa shape index (κ1) is 23.5. The molecule has 3 heterocycles. The van der Waals surface area contributed by atoms with Crippen molar-refractivity contribution in [2.75, 3.05) is 5.32 Å². The van der Waals surface area contributed by atoms with Crippen LogP contribution in [0.3, 0.4) is 0 Å². The number of carbonyl (C=O) groups excluding carboxylic acids is 2. The first-order valence-electron chi connectivity index (χ1n) is 11.9. The highest BCUT2D eigenvalue weighted by atomic mass is 16.5. The van der Waals surface area contributed by atoms with Gasteiger partial charge in [-0.15, -0.1) is 0 Å². The Labute approximate surface area is 208 Å². The van der Waals surface area contributed by atoms with Gasteiger partial charge in [0.2, 0.25) is 11.8 Å². The van der Waals surface area contributed by atoms with Crippen molar-refractivity contribution in [3.63, 3.8) is 0 Å². The average Bonchev–Trinajstić information content (AvgIpc) is 3.24. The molecule has 5 rings (SSSR count). The maximum Gasteiger partial charge on any atom is 0.331 e. The van der Waals surface area contributed by atoms with Crippen molar-refractivity contribution in [2.24, 2.45) is 0 Å². The fourth-order valence-electron chi connectivity index (χ4n) is 4.19. The van der Waals surface area contributed by atoms with E-state index in [0.717, 1.165) is 40.6 Å². The van der Waals surface area contributed by atoms with Crippen molar-refractivity contribution in [3.8, 4) is 11.6 Å². The van der Waals surface area contributed by atoms with Crippen molar-refractivity contribution in [1.82, 2.24) is 25.0 Å². The minimum Gasteiger partial charge on any atom is -0.438 e. The second-order valence-electron chi connectivity index (χ2n) is 9.34.